The molecular weight excluding hydrogens is 314 g/mol. The molecule has 25 heavy (non-hydrogen) atoms. The minimum Gasteiger partial charge on any atom is -0.368 e. The maximum atomic E-state index is 12.7. The molecule has 0 radical (unpaired) electrons. The minimum atomic E-state index is -0.0831. The normalized spacial score (nSPS) is 26.6. The summed E-state index contributed by atoms with van der Waals surface area (Å²) in [5.41, 5.74) is 1.22. The molecule has 1 N–H and O–H groups in total. The fourth-order valence-corrected chi connectivity index (χ4v) is 4.19. The predicted octanol–water partition coefficient (Wildman–Crippen LogP) is 2.03. The maximum absolute atomic E-state index is 12.7. The van der Waals surface area contributed by atoms with Crippen LogP contribution in [0.5, 0.6) is 0 Å². The summed E-state index contributed by atoms with van der Waals surface area (Å²) in [5.74, 6) is 0.123. The van der Waals surface area contributed by atoms with Crippen molar-refractivity contribution in [2.45, 2.75) is 38.1 Å². The van der Waals surface area contributed by atoms with Gasteiger partial charge < -0.3 is 15.1 Å². The van der Waals surface area contributed by atoms with Gasteiger partial charge in [-0.15, -0.1) is 0 Å². The molecule has 134 valence electrons. The fraction of sp³-hybridized carbons (Fsp3) is 0.600. The third kappa shape index (κ3) is 3.65. The predicted molar refractivity (Wildman–Crippen MR) is 97.2 cm³/mol. The lowest BCUT2D eigenvalue weighted by molar-refractivity contribution is -0.135. The Kier molecular flexibility index (Phi) is 4.64. The molecule has 5 heteroatoms. The SMILES string of the molecule is O=C(NC1CCCC1)C1CC1C(=O)N1CCN(c2ccccc2)CC1. The number of rotatable bonds is 4. The van der Waals surface area contributed by atoms with Gasteiger partial charge in [0.2, 0.25) is 11.8 Å². The van der Waals surface area contributed by atoms with Gasteiger partial charge in [-0.1, -0.05) is 31.0 Å². The number of carbonyl (C=O) groups is 2. The van der Waals surface area contributed by atoms with E-state index in [-0.39, 0.29) is 23.7 Å². The number of nitrogens with zero attached hydrogens (tertiary/aromatic N) is 2. The number of amides is 2. The highest BCUT2D eigenvalue weighted by atomic mass is 16.2. The summed E-state index contributed by atoms with van der Waals surface area (Å²) in [5, 5.41) is 3.14. The molecule has 1 aromatic rings. The monoisotopic (exact) mass is 341 g/mol. The Morgan fingerprint density at radius 2 is 1.60 bits per heavy atom. The van der Waals surface area contributed by atoms with Crippen molar-refractivity contribution >= 4 is 17.5 Å². The largest absolute Gasteiger partial charge is 0.368 e. The molecule has 3 aliphatic rings. The van der Waals surface area contributed by atoms with Gasteiger partial charge in [0.25, 0.3) is 0 Å². The number of hydrogen-bond acceptors (Lipinski definition) is 3. The fourth-order valence-electron chi connectivity index (χ4n) is 4.19. The topological polar surface area (TPSA) is 52.7 Å². The first-order valence-corrected chi connectivity index (χ1v) is 9.61. The molecule has 4 rings (SSSR count). The Labute approximate surface area is 149 Å². The molecule has 2 atom stereocenters. The van der Waals surface area contributed by atoms with Crippen molar-refractivity contribution in [3.63, 3.8) is 0 Å². The van der Waals surface area contributed by atoms with Crippen LogP contribution in [-0.2, 0) is 9.59 Å². The smallest absolute Gasteiger partial charge is 0.226 e. The number of benzene rings is 1. The van der Waals surface area contributed by atoms with Crippen LogP contribution in [0.3, 0.4) is 0 Å². The molecule has 2 saturated carbocycles. The van der Waals surface area contributed by atoms with Crippen LogP contribution in [0.2, 0.25) is 0 Å². The summed E-state index contributed by atoms with van der Waals surface area (Å²) in [6.45, 7) is 3.23. The van der Waals surface area contributed by atoms with Crippen LogP contribution < -0.4 is 10.2 Å². The average molecular weight is 341 g/mol. The molecule has 2 aliphatic carbocycles. The van der Waals surface area contributed by atoms with E-state index in [0.717, 1.165) is 45.4 Å². The average Bonchev–Trinajstić information content (AvgIpc) is 3.31. The Bertz CT molecular complexity index is 619. The summed E-state index contributed by atoms with van der Waals surface area (Å²) in [6.07, 6.45) is 5.35. The number of hydrogen-bond donors (Lipinski definition) is 1. The second kappa shape index (κ2) is 7.06. The first-order chi connectivity index (χ1) is 12.2. The van der Waals surface area contributed by atoms with Crippen LogP contribution in [0.1, 0.15) is 32.1 Å². The summed E-state index contributed by atoms with van der Waals surface area (Å²) in [4.78, 5) is 29.3. The van der Waals surface area contributed by atoms with Crippen LogP contribution in [0.4, 0.5) is 5.69 Å². The summed E-state index contributed by atoms with van der Waals surface area (Å²) in [7, 11) is 0. The van der Waals surface area contributed by atoms with Gasteiger partial charge in [0.15, 0.2) is 0 Å². The van der Waals surface area contributed by atoms with Crippen molar-refractivity contribution < 1.29 is 9.59 Å². The summed E-state index contributed by atoms with van der Waals surface area (Å²) >= 11 is 0. The van der Waals surface area contributed by atoms with E-state index in [4.69, 9.17) is 0 Å². The van der Waals surface area contributed by atoms with Crippen molar-refractivity contribution in [1.82, 2.24) is 10.2 Å². The van der Waals surface area contributed by atoms with E-state index in [0.29, 0.717) is 6.04 Å². The molecule has 1 aliphatic heterocycles. The lowest BCUT2D eigenvalue weighted by Crippen LogP contribution is -2.49. The van der Waals surface area contributed by atoms with Gasteiger partial charge in [0, 0.05) is 37.9 Å². The molecule has 1 saturated heterocycles. The third-order valence-electron chi connectivity index (χ3n) is 5.86. The molecule has 3 fully saturated rings. The first kappa shape index (κ1) is 16.4. The molecule has 2 unspecified atom stereocenters. The first-order valence-electron chi connectivity index (χ1n) is 9.61. The number of anilines is 1. The number of piperazine rings is 1. The Hall–Kier alpha value is -2.04. The van der Waals surface area contributed by atoms with E-state index in [2.05, 4.69) is 22.3 Å². The van der Waals surface area contributed by atoms with Crippen LogP contribution in [-0.4, -0.2) is 48.9 Å². The van der Waals surface area contributed by atoms with E-state index in [9.17, 15) is 9.59 Å². The van der Waals surface area contributed by atoms with Crippen LogP contribution in [0, 0.1) is 11.8 Å². The van der Waals surface area contributed by atoms with Gasteiger partial charge in [-0.25, -0.2) is 0 Å². The Morgan fingerprint density at radius 3 is 2.28 bits per heavy atom. The van der Waals surface area contributed by atoms with Crippen molar-refractivity contribution in [3.8, 4) is 0 Å². The van der Waals surface area contributed by atoms with Crippen LogP contribution >= 0.6 is 0 Å². The summed E-state index contributed by atoms with van der Waals surface area (Å²) in [6, 6.07) is 10.7. The highest BCUT2D eigenvalue weighted by Crippen LogP contribution is 2.40. The minimum absolute atomic E-state index is 0.0790. The van der Waals surface area contributed by atoms with E-state index < -0.39 is 0 Å². The molecule has 0 bridgehead atoms. The molecule has 0 aromatic heterocycles. The van der Waals surface area contributed by atoms with Crippen LogP contribution in [0.15, 0.2) is 30.3 Å². The van der Waals surface area contributed by atoms with Gasteiger partial charge in [0.05, 0.1) is 11.8 Å². The number of para-hydroxylation sites is 1. The molecule has 1 aromatic carbocycles. The van der Waals surface area contributed by atoms with Gasteiger partial charge in [0.1, 0.15) is 0 Å². The zero-order valence-corrected chi connectivity index (χ0v) is 14.7. The quantitative estimate of drug-likeness (QED) is 0.912. The zero-order chi connectivity index (χ0) is 17.2. The standard InChI is InChI=1S/C20H27N3O2/c24-19(21-15-6-4-5-7-15)17-14-18(17)20(25)23-12-10-22(11-13-23)16-8-2-1-3-9-16/h1-3,8-9,15,17-18H,4-7,10-14H2,(H,21,24). The summed E-state index contributed by atoms with van der Waals surface area (Å²) < 4.78 is 0. The van der Waals surface area contributed by atoms with Gasteiger partial charge >= 0.3 is 0 Å². The second-order valence-corrected chi connectivity index (χ2v) is 7.59. The van der Waals surface area contributed by atoms with Gasteiger partial charge in [-0.2, -0.15) is 0 Å². The molecule has 5 nitrogen and oxygen atoms in total. The number of nitrogens with one attached hydrogen (secondary N) is 1. The van der Waals surface area contributed by atoms with Crippen molar-refractivity contribution in [2.75, 3.05) is 31.1 Å². The Balaban J connectivity index is 1.25. The van der Waals surface area contributed by atoms with E-state index in [1.807, 2.05) is 23.1 Å². The van der Waals surface area contributed by atoms with E-state index in [1.165, 1.54) is 18.5 Å². The molecular formula is C20H27N3O2. The van der Waals surface area contributed by atoms with Gasteiger partial charge in [-0.3, -0.25) is 9.59 Å². The van der Waals surface area contributed by atoms with Gasteiger partial charge in [-0.05, 0) is 31.4 Å². The Morgan fingerprint density at radius 1 is 0.920 bits per heavy atom. The molecule has 0 spiro atoms. The second-order valence-electron chi connectivity index (χ2n) is 7.59. The van der Waals surface area contributed by atoms with E-state index >= 15 is 0 Å². The van der Waals surface area contributed by atoms with Crippen molar-refractivity contribution in [1.29, 1.82) is 0 Å². The van der Waals surface area contributed by atoms with Crippen molar-refractivity contribution in [3.05, 3.63) is 30.3 Å². The highest BCUT2D eigenvalue weighted by Gasteiger charge is 2.50. The third-order valence-corrected chi connectivity index (χ3v) is 5.86. The number of carbonyl (C=O) groups excluding carboxylic acids is 2. The maximum Gasteiger partial charge on any atom is 0.226 e. The van der Waals surface area contributed by atoms with E-state index in [1.54, 1.807) is 0 Å². The highest BCUT2D eigenvalue weighted by molar-refractivity contribution is 5.92. The lowest BCUT2D eigenvalue weighted by atomic mass is 10.2. The molecule has 2 amide bonds. The van der Waals surface area contributed by atoms with Crippen molar-refractivity contribution in [2.24, 2.45) is 11.8 Å². The lowest BCUT2D eigenvalue weighted by Gasteiger charge is -2.36. The zero-order valence-electron chi connectivity index (χ0n) is 14.7. The van der Waals surface area contributed by atoms with Crippen LogP contribution in [0.25, 0.3) is 0 Å². The molecule has 1 heterocycles.